The van der Waals surface area contributed by atoms with Crippen molar-refractivity contribution in [1.29, 1.82) is 0 Å². The summed E-state index contributed by atoms with van der Waals surface area (Å²) >= 11 is 0. The lowest BCUT2D eigenvalue weighted by molar-refractivity contribution is -0.121. The van der Waals surface area contributed by atoms with Crippen molar-refractivity contribution < 1.29 is 9.90 Å². The molecule has 144 valence electrons. The number of anilines is 1. The fourth-order valence-corrected chi connectivity index (χ4v) is 3.26. The Labute approximate surface area is 159 Å². The summed E-state index contributed by atoms with van der Waals surface area (Å²) in [5, 5.41) is 13.4. The number of aliphatic hydroxyl groups excluding tert-OH is 1. The van der Waals surface area contributed by atoms with E-state index >= 15 is 0 Å². The highest BCUT2D eigenvalue weighted by atomic mass is 16.3. The molecule has 0 aliphatic heterocycles. The molecule has 0 radical (unpaired) electrons. The number of aromatic nitrogens is 3. The molecule has 0 bridgehead atoms. The van der Waals surface area contributed by atoms with Crippen LogP contribution >= 0.6 is 0 Å². The number of carbonyl (C=O) groups is 1. The molecule has 2 N–H and O–H groups in total. The second-order valence-electron chi connectivity index (χ2n) is 8.16. The molecular weight excluding hydrogens is 342 g/mol. The first-order valence-electron chi connectivity index (χ1n) is 9.18. The van der Waals surface area contributed by atoms with E-state index < -0.39 is 6.10 Å². The second kappa shape index (κ2) is 7.23. The average Bonchev–Trinajstić information content (AvgIpc) is 2.93. The van der Waals surface area contributed by atoms with Crippen molar-refractivity contribution in [3.63, 3.8) is 0 Å². The Morgan fingerprint density at radius 2 is 2.11 bits per heavy atom. The van der Waals surface area contributed by atoms with Crippen LogP contribution in [0.25, 0.3) is 11.5 Å². The van der Waals surface area contributed by atoms with Crippen LogP contribution in [-0.2, 0) is 11.2 Å². The number of rotatable bonds is 4. The van der Waals surface area contributed by atoms with E-state index in [1.54, 1.807) is 11.1 Å². The van der Waals surface area contributed by atoms with Crippen LogP contribution in [0.15, 0.2) is 18.3 Å². The van der Waals surface area contributed by atoms with Gasteiger partial charge in [0.05, 0.1) is 18.3 Å². The highest BCUT2D eigenvalue weighted by Crippen LogP contribution is 2.37. The van der Waals surface area contributed by atoms with Crippen molar-refractivity contribution in [3.8, 4) is 11.5 Å². The third-order valence-electron chi connectivity index (χ3n) is 4.39. The minimum atomic E-state index is -0.609. The van der Waals surface area contributed by atoms with Gasteiger partial charge in [-0.05, 0) is 58.2 Å². The summed E-state index contributed by atoms with van der Waals surface area (Å²) in [5.74, 6) is 1.01. The summed E-state index contributed by atoms with van der Waals surface area (Å²) < 4.78 is 0. The monoisotopic (exact) mass is 369 g/mol. The lowest BCUT2D eigenvalue weighted by atomic mass is 10.1. The molecule has 27 heavy (non-hydrogen) atoms. The molecule has 0 fully saturated rings. The average molecular weight is 369 g/mol. The molecule has 2 aromatic rings. The van der Waals surface area contributed by atoms with E-state index in [9.17, 15) is 9.90 Å². The number of fused-ring (bicyclic) bond motifs is 1. The first-order chi connectivity index (χ1) is 12.6. The lowest BCUT2D eigenvalue weighted by Gasteiger charge is -2.25. The number of hydrogen-bond acceptors (Lipinski definition) is 6. The summed E-state index contributed by atoms with van der Waals surface area (Å²) in [6.07, 6.45) is 2.43. The third kappa shape index (κ3) is 4.42. The molecule has 0 saturated heterocycles. The van der Waals surface area contributed by atoms with E-state index in [1.165, 1.54) is 0 Å². The van der Waals surface area contributed by atoms with Crippen LogP contribution in [-0.4, -0.2) is 45.1 Å². The maximum absolute atomic E-state index is 12.4. The van der Waals surface area contributed by atoms with Gasteiger partial charge in [-0.3, -0.25) is 9.78 Å². The topological polar surface area (TPSA) is 91.2 Å². The van der Waals surface area contributed by atoms with E-state index in [4.69, 9.17) is 0 Å². The minimum Gasteiger partial charge on any atom is -0.388 e. The predicted octanol–water partition coefficient (Wildman–Crippen LogP) is 2.18. The Morgan fingerprint density at radius 1 is 1.37 bits per heavy atom. The summed E-state index contributed by atoms with van der Waals surface area (Å²) in [5.41, 5.74) is 3.00. The van der Waals surface area contributed by atoms with Gasteiger partial charge in [0.25, 0.3) is 0 Å². The molecule has 2 aromatic heterocycles. The van der Waals surface area contributed by atoms with Crippen molar-refractivity contribution in [1.82, 2.24) is 20.3 Å². The maximum Gasteiger partial charge on any atom is 0.239 e. The van der Waals surface area contributed by atoms with Gasteiger partial charge >= 0.3 is 0 Å². The van der Waals surface area contributed by atoms with Crippen LogP contribution in [0.3, 0.4) is 0 Å². The predicted molar refractivity (Wildman–Crippen MR) is 104 cm³/mol. The molecule has 7 heteroatoms. The highest BCUT2D eigenvalue weighted by Gasteiger charge is 2.30. The Kier molecular flexibility index (Phi) is 5.15. The van der Waals surface area contributed by atoms with Gasteiger partial charge in [-0.25, -0.2) is 9.97 Å². The molecule has 1 aliphatic carbocycles. The van der Waals surface area contributed by atoms with Crippen LogP contribution < -0.4 is 10.2 Å². The first-order valence-corrected chi connectivity index (χ1v) is 9.18. The van der Waals surface area contributed by atoms with Crippen molar-refractivity contribution in [3.05, 3.63) is 35.2 Å². The summed E-state index contributed by atoms with van der Waals surface area (Å²) in [6.45, 7) is 7.97. The molecule has 1 amide bonds. The standard InChI is InChI=1S/C20H27N5O2/c1-12-8-9-21-14(10-12)18-22-13-6-7-15(26)17(13)19(23-18)25(5)11-16(27)24-20(2,3)4/h8-10,15,26H,6-7,11H2,1-5H3,(H,24,27). The fraction of sp³-hybridized carbons (Fsp3) is 0.500. The van der Waals surface area contributed by atoms with Crippen LogP contribution in [0.4, 0.5) is 5.82 Å². The van der Waals surface area contributed by atoms with Gasteiger partial charge in [0, 0.05) is 24.3 Å². The quantitative estimate of drug-likeness (QED) is 0.858. The molecule has 1 atom stereocenters. The minimum absolute atomic E-state index is 0.0971. The van der Waals surface area contributed by atoms with Crippen LogP contribution in [0.2, 0.25) is 0 Å². The molecule has 1 unspecified atom stereocenters. The maximum atomic E-state index is 12.4. The lowest BCUT2D eigenvalue weighted by Crippen LogP contribution is -2.45. The number of carbonyl (C=O) groups excluding carboxylic acids is 1. The molecule has 1 aliphatic rings. The Hall–Kier alpha value is -2.54. The number of pyridine rings is 1. The SMILES string of the molecule is Cc1ccnc(-c2nc3c(c(N(C)CC(=O)NC(C)(C)C)n2)C(O)CC3)c1. The van der Waals surface area contributed by atoms with Crippen molar-refractivity contribution >= 4 is 11.7 Å². The van der Waals surface area contributed by atoms with Gasteiger partial charge in [-0.2, -0.15) is 0 Å². The smallest absolute Gasteiger partial charge is 0.239 e. The number of nitrogens with one attached hydrogen (secondary N) is 1. The number of aliphatic hydroxyl groups is 1. The zero-order valence-electron chi connectivity index (χ0n) is 16.6. The number of hydrogen-bond donors (Lipinski definition) is 2. The van der Waals surface area contributed by atoms with Gasteiger partial charge in [0.2, 0.25) is 5.91 Å². The largest absolute Gasteiger partial charge is 0.388 e. The normalized spacial score (nSPS) is 16.1. The van der Waals surface area contributed by atoms with Gasteiger partial charge in [0.1, 0.15) is 11.5 Å². The van der Waals surface area contributed by atoms with E-state index in [0.29, 0.717) is 30.2 Å². The Balaban J connectivity index is 1.97. The molecule has 0 saturated carbocycles. The zero-order valence-corrected chi connectivity index (χ0v) is 16.6. The van der Waals surface area contributed by atoms with Crippen LogP contribution in [0, 0.1) is 6.92 Å². The van der Waals surface area contributed by atoms with E-state index in [1.807, 2.05) is 46.9 Å². The number of nitrogens with zero attached hydrogens (tertiary/aromatic N) is 4. The van der Waals surface area contributed by atoms with Gasteiger partial charge in [-0.1, -0.05) is 0 Å². The van der Waals surface area contributed by atoms with E-state index in [2.05, 4.69) is 20.3 Å². The number of likely N-dealkylation sites (N-methyl/N-ethyl adjacent to an activating group) is 1. The molecule has 0 spiro atoms. The Morgan fingerprint density at radius 3 is 2.78 bits per heavy atom. The van der Waals surface area contributed by atoms with Crippen LogP contribution in [0.1, 0.15) is 50.1 Å². The molecule has 2 heterocycles. The molecular formula is C20H27N5O2. The molecule has 0 aromatic carbocycles. The highest BCUT2D eigenvalue weighted by molar-refractivity contribution is 5.82. The van der Waals surface area contributed by atoms with E-state index in [-0.39, 0.29) is 18.0 Å². The Bertz CT molecular complexity index is 860. The first kappa shape index (κ1) is 19.2. The third-order valence-corrected chi connectivity index (χ3v) is 4.39. The second-order valence-corrected chi connectivity index (χ2v) is 8.16. The number of amides is 1. The summed E-state index contributed by atoms with van der Waals surface area (Å²) in [4.78, 5) is 27.8. The molecule has 7 nitrogen and oxygen atoms in total. The van der Waals surface area contributed by atoms with Crippen molar-refractivity contribution in [2.24, 2.45) is 0 Å². The van der Waals surface area contributed by atoms with Crippen molar-refractivity contribution in [2.45, 2.75) is 52.2 Å². The number of aryl methyl sites for hydroxylation is 2. The summed E-state index contributed by atoms with van der Waals surface area (Å²) in [7, 11) is 1.81. The molecule has 3 rings (SSSR count). The van der Waals surface area contributed by atoms with Crippen LogP contribution in [0.5, 0.6) is 0 Å². The van der Waals surface area contributed by atoms with Crippen molar-refractivity contribution in [2.75, 3.05) is 18.5 Å². The van der Waals surface area contributed by atoms with Gasteiger partial charge < -0.3 is 15.3 Å². The van der Waals surface area contributed by atoms with Gasteiger partial charge in [-0.15, -0.1) is 0 Å². The summed E-state index contributed by atoms with van der Waals surface area (Å²) in [6, 6.07) is 3.85. The van der Waals surface area contributed by atoms with Gasteiger partial charge in [0.15, 0.2) is 5.82 Å². The zero-order chi connectivity index (χ0) is 19.8. The fourth-order valence-electron chi connectivity index (χ4n) is 3.26. The van der Waals surface area contributed by atoms with E-state index in [0.717, 1.165) is 16.8 Å².